The molecule has 0 unspecified atom stereocenters. The molecule has 0 aliphatic carbocycles. The van der Waals surface area contributed by atoms with Crippen LogP contribution in [0.3, 0.4) is 0 Å². The highest BCUT2D eigenvalue weighted by Gasteiger charge is 2.15. The Kier molecular flexibility index (Phi) is 6.28. The van der Waals surface area contributed by atoms with Crippen LogP contribution in [0.25, 0.3) is 10.9 Å². The van der Waals surface area contributed by atoms with Crippen LogP contribution in [-0.4, -0.2) is 26.1 Å². The fraction of sp³-hybridized carbons (Fsp3) is 0.250. The number of nitrogens with zero attached hydrogens (tertiary/aromatic N) is 3. The summed E-state index contributed by atoms with van der Waals surface area (Å²) in [6.45, 7) is 4.50. The fourth-order valence-electron chi connectivity index (χ4n) is 2.81. The summed E-state index contributed by atoms with van der Waals surface area (Å²) in [5.74, 6) is -0.0892. The van der Waals surface area contributed by atoms with E-state index in [9.17, 15) is 19.7 Å². The van der Waals surface area contributed by atoms with E-state index in [0.717, 1.165) is 11.8 Å². The fourth-order valence-corrected chi connectivity index (χ4v) is 3.62. The van der Waals surface area contributed by atoms with Crippen molar-refractivity contribution < 1.29 is 9.72 Å². The van der Waals surface area contributed by atoms with Crippen LogP contribution in [-0.2, 0) is 11.3 Å². The van der Waals surface area contributed by atoms with Gasteiger partial charge in [-0.3, -0.25) is 24.3 Å². The van der Waals surface area contributed by atoms with Gasteiger partial charge in [0.05, 0.1) is 21.6 Å². The lowest BCUT2D eigenvalue weighted by atomic mass is 10.2. The lowest BCUT2D eigenvalue weighted by molar-refractivity contribution is -0.384. The second-order valence-corrected chi connectivity index (χ2v) is 7.81. The number of nitro benzene ring substituents is 1. The number of anilines is 1. The first-order valence-electron chi connectivity index (χ1n) is 9.02. The number of carbonyl (C=O) groups is 1. The van der Waals surface area contributed by atoms with Gasteiger partial charge in [0, 0.05) is 24.4 Å². The number of rotatable bonds is 7. The molecule has 0 aliphatic rings. The molecular weight excluding hydrogens is 392 g/mol. The molecule has 1 heterocycles. The molecule has 0 saturated heterocycles. The molecule has 150 valence electrons. The summed E-state index contributed by atoms with van der Waals surface area (Å²) in [7, 11) is 0. The first-order valence-corrected chi connectivity index (χ1v) is 10.0. The average molecular weight is 412 g/mol. The number of hydrogen-bond acceptors (Lipinski definition) is 6. The third-order valence-electron chi connectivity index (χ3n) is 4.05. The molecule has 0 atom stereocenters. The quantitative estimate of drug-likeness (QED) is 0.274. The van der Waals surface area contributed by atoms with Gasteiger partial charge in [-0.05, 0) is 24.1 Å². The van der Waals surface area contributed by atoms with Gasteiger partial charge in [-0.15, -0.1) is 0 Å². The van der Waals surface area contributed by atoms with Crippen molar-refractivity contribution in [2.45, 2.75) is 25.5 Å². The van der Waals surface area contributed by atoms with E-state index in [1.165, 1.54) is 18.2 Å². The maximum atomic E-state index is 12.9. The largest absolute Gasteiger partial charge is 0.325 e. The predicted molar refractivity (Wildman–Crippen MR) is 113 cm³/mol. The van der Waals surface area contributed by atoms with Crippen molar-refractivity contribution in [3.63, 3.8) is 0 Å². The van der Waals surface area contributed by atoms with E-state index in [4.69, 9.17) is 0 Å². The number of para-hydroxylation sites is 1. The third kappa shape index (κ3) is 5.00. The Bertz CT molecular complexity index is 1130. The summed E-state index contributed by atoms with van der Waals surface area (Å²) in [6.07, 6.45) is 0. The van der Waals surface area contributed by atoms with Crippen LogP contribution in [0.5, 0.6) is 0 Å². The number of non-ortho nitro benzene ring substituents is 1. The zero-order valence-corrected chi connectivity index (χ0v) is 16.8. The van der Waals surface area contributed by atoms with E-state index >= 15 is 0 Å². The second-order valence-electron chi connectivity index (χ2n) is 6.87. The van der Waals surface area contributed by atoms with E-state index in [1.807, 2.05) is 19.9 Å². The highest BCUT2D eigenvalue weighted by Crippen LogP contribution is 2.21. The molecule has 0 bridgehead atoms. The van der Waals surface area contributed by atoms with Crippen LogP contribution in [0.2, 0.25) is 0 Å². The molecule has 1 aromatic heterocycles. The molecule has 0 radical (unpaired) electrons. The van der Waals surface area contributed by atoms with Gasteiger partial charge in [0.15, 0.2) is 5.16 Å². The SMILES string of the molecule is CC(C)Cn1c(SCC(=O)Nc2cccc([N+](=O)[O-])c2)nc2ccccc2c1=O. The van der Waals surface area contributed by atoms with Gasteiger partial charge < -0.3 is 5.32 Å². The van der Waals surface area contributed by atoms with E-state index in [-0.39, 0.29) is 28.8 Å². The maximum Gasteiger partial charge on any atom is 0.271 e. The lowest BCUT2D eigenvalue weighted by Gasteiger charge is -2.14. The summed E-state index contributed by atoms with van der Waals surface area (Å²) in [5.41, 5.74) is 0.693. The molecule has 3 rings (SSSR count). The van der Waals surface area contributed by atoms with Crippen LogP contribution >= 0.6 is 11.8 Å². The van der Waals surface area contributed by atoms with Crippen molar-refractivity contribution in [3.05, 3.63) is 69.0 Å². The van der Waals surface area contributed by atoms with Crippen molar-refractivity contribution in [1.82, 2.24) is 9.55 Å². The molecule has 29 heavy (non-hydrogen) atoms. The van der Waals surface area contributed by atoms with Crippen LogP contribution in [0.4, 0.5) is 11.4 Å². The van der Waals surface area contributed by atoms with Gasteiger partial charge in [0.1, 0.15) is 0 Å². The molecule has 0 saturated carbocycles. The number of nitrogens with one attached hydrogen (secondary N) is 1. The number of benzene rings is 2. The number of carbonyl (C=O) groups excluding carboxylic acids is 1. The Morgan fingerprint density at radius 1 is 1.24 bits per heavy atom. The van der Waals surface area contributed by atoms with Gasteiger partial charge in [-0.25, -0.2) is 4.98 Å². The minimum absolute atomic E-state index is 0.0194. The van der Waals surface area contributed by atoms with Crippen LogP contribution in [0.15, 0.2) is 58.5 Å². The number of nitro groups is 1. The summed E-state index contributed by atoms with van der Waals surface area (Å²) in [5, 5.41) is 14.5. The smallest absolute Gasteiger partial charge is 0.271 e. The van der Waals surface area contributed by atoms with Crippen molar-refractivity contribution in [3.8, 4) is 0 Å². The second kappa shape index (κ2) is 8.87. The summed E-state index contributed by atoms with van der Waals surface area (Å²) in [4.78, 5) is 40.1. The Hall–Kier alpha value is -3.20. The van der Waals surface area contributed by atoms with Crippen molar-refractivity contribution >= 4 is 39.9 Å². The van der Waals surface area contributed by atoms with Crippen LogP contribution in [0.1, 0.15) is 13.8 Å². The number of hydrogen-bond donors (Lipinski definition) is 1. The Labute approximate surface area is 171 Å². The van der Waals surface area contributed by atoms with E-state index in [0.29, 0.717) is 28.3 Å². The van der Waals surface area contributed by atoms with Gasteiger partial charge >= 0.3 is 0 Å². The number of amides is 1. The Balaban J connectivity index is 1.80. The highest BCUT2D eigenvalue weighted by atomic mass is 32.2. The summed E-state index contributed by atoms with van der Waals surface area (Å²) < 4.78 is 1.60. The lowest BCUT2D eigenvalue weighted by Crippen LogP contribution is -2.26. The molecule has 8 nitrogen and oxygen atoms in total. The van der Waals surface area contributed by atoms with Gasteiger partial charge in [0.25, 0.3) is 11.2 Å². The Morgan fingerprint density at radius 3 is 2.72 bits per heavy atom. The zero-order chi connectivity index (χ0) is 21.0. The minimum atomic E-state index is -0.520. The summed E-state index contributed by atoms with van der Waals surface area (Å²) >= 11 is 1.16. The standard InChI is InChI=1S/C20H20N4O4S/c1-13(2)11-23-19(26)16-8-3-4-9-17(16)22-20(23)29-12-18(25)21-14-6-5-7-15(10-14)24(27)28/h3-10,13H,11-12H2,1-2H3,(H,21,25). The maximum absolute atomic E-state index is 12.9. The molecule has 0 fully saturated rings. The monoisotopic (exact) mass is 412 g/mol. The molecular formula is C20H20N4O4S. The molecule has 1 N–H and O–H groups in total. The average Bonchev–Trinajstić information content (AvgIpc) is 2.69. The van der Waals surface area contributed by atoms with Gasteiger partial charge in [0.2, 0.25) is 5.91 Å². The van der Waals surface area contributed by atoms with Crippen LogP contribution < -0.4 is 10.9 Å². The van der Waals surface area contributed by atoms with Crippen molar-refractivity contribution in [1.29, 1.82) is 0 Å². The highest BCUT2D eigenvalue weighted by molar-refractivity contribution is 7.99. The molecule has 0 spiro atoms. The number of thioether (sulfide) groups is 1. The first kappa shape index (κ1) is 20.5. The van der Waals surface area contributed by atoms with Crippen molar-refractivity contribution in [2.24, 2.45) is 5.92 Å². The number of aromatic nitrogens is 2. The van der Waals surface area contributed by atoms with E-state index in [2.05, 4.69) is 10.3 Å². The normalized spacial score (nSPS) is 11.0. The molecule has 1 amide bonds. The minimum Gasteiger partial charge on any atom is -0.325 e. The predicted octanol–water partition coefficient (Wildman–Crippen LogP) is 3.69. The summed E-state index contributed by atoms with van der Waals surface area (Å²) in [6, 6.07) is 12.9. The first-order chi connectivity index (χ1) is 13.8. The van der Waals surface area contributed by atoms with Crippen LogP contribution in [0, 0.1) is 16.0 Å². The van der Waals surface area contributed by atoms with E-state index in [1.54, 1.807) is 28.8 Å². The Morgan fingerprint density at radius 2 is 2.00 bits per heavy atom. The molecule has 2 aromatic carbocycles. The van der Waals surface area contributed by atoms with Gasteiger partial charge in [-0.2, -0.15) is 0 Å². The van der Waals surface area contributed by atoms with Gasteiger partial charge in [-0.1, -0.05) is 43.8 Å². The molecule has 0 aliphatic heterocycles. The molecule has 3 aromatic rings. The zero-order valence-electron chi connectivity index (χ0n) is 16.0. The van der Waals surface area contributed by atoms with Crippen molar-refractivity contribution in [2.75, 3.05) is 11.1 Å². The van der Waals surface area contributed by atoms with E-state index < -0.39 is 4.92 Å². The molecule has 9 heteroatoms. The third-order valence-corrected chi connectivity index (χ3v) is 5.02. The topological polar surface area (TPSA) is 107 Å². The number of fused-ring (bicyclic) bond motifs is 1.